The summed E-state index contributed by atoms with van der Waals surface area (Å²) in [5.74, 6) is 0. The molecule has 0 radical (unpaired) electrons. The number of rotatable bonds is 3. The van der Waals surface area contributed by atoms with Gasteiger partial charge in [-0.2, -0.15) is 0 Å². The van der Waals surface area contributed by atoms with Crippen LogP contribution in [-0.2, 0) is 6.54 Å². The number of nitrogen functional groups attached to an aromatic ring is 1. The number of benzene rings is 2. The highest BCUT2D eigenvalue weighted by Crippen LogP contribution is 2.15. The van der Waals surface area contributed by atoms with Crippen molar-refractivity contribution >= 4 is 11.4 Å². The van der Waals surface area contributed by atoms with E-state index in [1.54, 1.807) is 0 Å². The first-order chi connectivity index (χ1) is 7.75. The lowest BCUT2D eigenvalue weighted by atomic mass is 10.2. The number of anilines is 2. The molecule has 0 atom stereocenters. The van der Waals surface area contributed by atoms with E-state index in [0.717, 1.165) is 12.2 Å². The van der Waals surface area contributed by atoms with Gasteiger partial charge in [-0.3, -0.25) is 0 Å². The Morgan fingerprint density at radius 1 is 1.00 bits per heavy atom. The first-order valence-electron chi connectivity index (χ1n) is 5.36. The zero-order chi connectivity index (χ0) is 11.4. The molecule has 2 aromatic rings. The molecule has 16 heavy (non-hydrogen) atoms. The number of para-hydroxylation sites is 1. The van der Waals surface area contributed by atoms with Crippen LogP contribution in [0.4, 0.5) is 11.4 Å². The molecule has 2 N–H and O–H groups in total. The number of nitrogens with zero attached hydrogens (tertiary/aromatic N) is 1. The molecule has 82 valence electrons. The molecule has 0 spiro atoms. The summed E-state index contributed by atoms with van der Waals surface area (Å²) in [6.07, 6.45) is 0. The summed E-state index contributed by atoms with van der Waals surface area (Å²) in [6.45, 7) is 0.870. The maximum atomic E-state index is 5.75. The molecule has 0 saturated heterocycles. The Morgan fingerprint density at radius 2 is 1.75 bits per heavy atom. The lowest BCUT2D eigenvalue weighted by molar-refractivity contribution is 0.924. The molecule has 0 bridgehead atoms. The van der Waals surface area contributed by atoms with Crippen molar-refractivity contribution in [2.45, 2.75) is 6.54 Å². The minimum Gasteiger partial charge on any atom is -0.399 e. The molecule has 0 aliphatic heterocycles. The fourth-order valence-corrected chi connectivity index (χ4v) is 1.74. The van der Waals surface area contributed by atoms with Crippen LogP contribution in [0.2, 0.25) is 0 Å². The van der Waals surface area contributed by atoms with E-state index in [-0.39, 0.29) is 0 Å². The number of nitrogens with two attached hydrogens (primary N) is 1. The van der Waals surface area contributed by atoms with E-state index in [0.29, 0.717) is 0 Å². The van der Waals surface area contributed by atoms with Crippen molar-refractivity contribution in [3.63, 3.8) is 0 Å². The smallest absolute Gasteiger partial charge is 0.0426 e. The fraction of sp³-hybridized carbons (Fsp3) is 0.143. The molecule has 0 unspecified atom stereocenters. The Hall–Kier alpha value is -1.96. The van der Waals surface area contributed by atoms with Gasteiger partial charge in [-0.25, -0.2) is 0 Å². The number of hydrogen-bond acceptors (Lipinski definition) is 2. The third kappa shape index (κ3) is 2.54. The van der Waals surface area contributed by atoms with Crippen LogP contribution in [0.1, 0.15) is 5.56 Å². The van der Waals surface area contributed by atoms with Gasteiger partial charge in [0.05, 0.1) is 0 Å². The monoisotopic (exact) mass is 212 g/mol. The molecule has 0 saturated carbocycles. The molecular formula is C14H16N2. The van der Waals surface area contributed by atoms with Gasteiger partial charge in [0.2, 0.25) is 0 Å². The predicted molar refractivity (Wildman–Crippen MR) is 69.4 cm³/mol. The van der Waals surface area contributed by atoms with Crippen molar-refractivity contribution < 1.29 is 0 Å². The largest absolute Gasteiger partial charge is 0.399 e. The minimum atomic E-state index is 0.818. The Balaban J connectivity index is 2.11. The van der Waals surface area contributed by atoms with E-state index in [1.807, 2.05) is 36.4 Å². The molecular weight excluding hydrogens is 196 g/mol. The molecule has 0 aliphatic carbocycles. The number of hydrogen-bond donors (Lipinski definition) is 1. The summed E-state index contributed by atoms with van der Waals surface area (Å²) < 4.78 is 0. The predicted octanol–water partition coefficient (Wildman–Crippen LogP) is 2.91. The molecule has 2 rings (SSSR count). The van der Waals surface area contributed by atoms with Crippen LogP contribution in [0.5, 0.6) is 0 Å². The zero-order valence-corrected chi connectivity index (χ0v) is 9.43. The highest BCUT2D eigenvalue weighted by Gasteiger charge is 2.01. The van der Waals surface area contributed by atoms with Gasteiger partial charge in [0.1, 0.15) is 0 Å². The van der Waals surface area contributed by atoms with Crippen LogP contribution in [0, 0.1) is 0 Å². The molecule has 0 amide bonds. The lowest BCUT2D eigenvalue weighted by Gasteiger charge is -2.19. The highest BCUT2D eigenvalue weighted by atomic mass is 15.1. The Labute approximate surface area is 96.3 Å². The third-order valence-electron chi connectivity index (χ3n) is 2.57. The van der Waals surface area contributed by atoms with Gasteiger partial charge in [-0.1, -0.05) is 30.3 Å². The first kappa shape index (κ1) is 10.6. The second-order valence-electron chi connectivity index (χ2n) is 3.94. The van der Waals surface area contributed by atoms with Crippen LogP contribution in [0.25, 0.3) is 0 Å². The molecule has 0 heterocycles. The average molecular weight is 212 g/mol. The molecule has 2 aromatic carbocycles. The fourth-order valence-electron chi connectivity index (χ4n) is 1.74. The van der Waals surface area contributed by atoms with Gasteiger partial charge >= 0.3 is 0 Å². The van der Waals surface area contributed by atoms with Gasteiger partial charge < -0.3 is 10.6 Å². The first-order valence-corrected chi connectivity index (χ1v) is 5.36. The standard InChI is InChI=1S/C14H16N2/c1-16(14-8-3-2-4-9-14)11-12-6-5-7-13(15)10-12/h2-10H,11,15H2,1H3. The summed E-state index contributed by atoms with van der Waals surface area (Å²) in [6, 6.07) is 18.3. The highest BCUT2D eigenvalue weighted by molar-refractivity contribution is 5.47. The van der Waals surface area contributed by atoms with E-state index in [1.165, 1.54) is 11.3 Å². The molecule has 0 aliphatic rings. The van der Waals surface area contributed by atoms with Gasteiger partial charge in [0.25, 0.3) is 0 Å². The van der Waals surface area contributed by atoms with Crippen LogP contribution >= 0.6 is 0 Å². The van der Waals surface area contributed by atoms with Crippen LogP contribution < -0.4 is 10.6 Å². The van der Waals surface area contributed by atoms with Crippen molar-refractivity contribution in [3.8, 4) is 0 Å². The lowest BCUT2D eigenvalue weighted by Crippen LogP contribution is -2.16. The zero-order valence-electron chi connectivity index (χ0n) is 9.43. The maximum absolute atomic E-state index is 5.75. The van der Waals surface area contributed by atoms with E-state index >= 15 is 0 Å². The van der Waals surface area contributed by atoms with Crippen LogP contribution in [0.15, 0.2) is 54.6 Å². The van der Waals surface area contributed by atoms with Crippen molar-refractivity contribution in [2.24, 2.45) is 0 Å². The third-order valence-corrected chi connectivity index (χ3v) is 2.57. The Kier molecular flexibility index (Phi) is 3.10. The molecule has 0 aromatic heterocycles. The second kappa shape index (κ2) is 4.71. The Bertz CT molecular complexity index is 451. The SMILES string of the molecule is CN(Cc1cccc(N)c1)c1ccccc1. The molecule has 2 nitrogen and oxygen atoms in total. The van der Waals surface area contributed by atoms with Crippen LogP contribution in [-0.4, -0.2) is 7.05 Å². The van der Waals surface area contributed by atoms with E-state index < -0.39 is 0 Å². The summed E-state index contributed by atoms with van der Waals surface area (Å²) in [5, 5.41) is 0. The van der Waals surface area contributed by atoms with E-state index in [9.17, 15) is 0 Å². The van der Waals surface area contributed by atoms with Crippen molar-refractivity contribution in [1.29, 1.82) is 0 Å². The summed E-state index contributed by atoms with van der Waals surface area (Å²) in [5.41, 5.74) is 9.01. The average Bonchev–Trinajstić information content (AvgIpc) is 2.30. The summed E-state index contributed by atoms with van der Waals surface area (Å²) in [4.78, 5) is 2.20. The summed E-state index contributed by atoms with van der Waals surface area (Å²) >= 11 is 0. The minimum absolute atomic E-state index is 0.818. The van der Waals surface area contributed by atoms with Gasteiger partial charge in [-0.15, -0.1) is 0 Å². The van der Waals surface area contributed by atoms with Crippen molar-refractivity contribution in [2.75, 3.05) is 17.7 Å². The van der Waals surface area contributed by atoms with Crippen molar-refractivity contribution in [1.82, 2.24) is 0 Å². The van der Waals surface area contributed by atoms with Crippen LogP contribution in [0.3, 0.4) is 0 Å². The van der Waals surface area contributed by atoms with Gasteiger partial charge in [-0.05, 0) is 29.8 Å². The van der Waals surface area contributed by atoms with E-state index in [2.05, 4.69) is 30.1 Å². The Morgan fingerprint density at radius 3 is 2.44 bits per heavy atom. The normalized spacial score (nSPS) is 10.1. The van der Waals surface area contributed by atoms with E-state index in [4.69, 9.17) is 5.73 Å². The quantitative estimate of drug-likeness (QED) is 0.793. The second-order valence-corrected chi connectivity index (χ2v) is 3.94. The summed E-state index contributed by atoms with van der Waals surface area (Å²) in [7, 11) is 2.08. The van der Waals surface area contributed by atoms with Gasteiger partial charge in [0.15, 0.2) is 0 Å². The topological polar surface area (TPSA) is 29.3 Å². The van der Waals surface area contributed by atoms with Gasteiger partial charge in [0, 0.05) is 25.0 Å². The maximum Gasteiger partial charge on any atom is 0.0426 e. The molecule has 2 heteroatoms. The molecule has 0 fully saturated rings. The van der Waals surface area contributed by atoms with Crippen molar-refractivity contribution in [3.05, 3.63) is 60.2 Å².